The molecule has 1 aromatic carbocycles. The Morgan fingerprint density at radius 1 is 1.42 bits per heavy atom. The summed E-state index contributed by atoms with van der Waals surface area (Å²) in [6.45, 7) is 0. The average molecular weight is 261 g/mol. The van der Waals surface area contributed by atoms with E-state index >= 15 is 0 Å². The quantitative estimate of drug-likeness (QED) is 0.772. The van der Waals surface area contributed by atoms with Gasteiger partial charge in [-0.3, -0.25) is 9.36 Å². The second kappa shape index (κ2) is 3.98. The van der Waals surface area contributed by atoms with Crippen LogP contribution in [-0.2, 0) is 22.0 Å². The van der Waals surface area contributed by atoms with E-state index in [1.165, 1.54) is 11.7 Å². The molecule has 2 aromatic rings. The zero-order valence-electron chi connectivity index (χ0n) is 10.9. The Morgan fingerprint density at radius 2 is 2.16 bits per heavy atom. The fourth-order valence-electron chi connectivity index (χ4n) is 2.77. The first-order chi connectivity index (χ1) is 9.08. The van der Waals surface area contributed by atoms with Crippen molar-refractivity contribution in [3.63, 3.8) is 0 Å². The zero-order chi connectivity index (χ0) is 13.6. The van der Waals surface area contributed by atoms with Crippen LogP contribution in [0.5, 0.6) is 0 Å². The number of benzene rings is 1. The maximum atomic E-state index is 12.0. The third-order valence-corrected chi connectivity index (χ3v) is 4.13. The van der Waals surface area contributed by atoms with Crippen molar-refractivity contribution in [2.75, 3.05) is 7.11 Å². The van der Waals surface area contributed by atoms with Crippen molar-refractivity contribution in [2.24, 2.45) is 7.05 Å². The van der Waals surface area contributed by atoms with E-state index in [1.54, 1.807) is 13.1 Å². The van der Waals surface area contributed by atoms with Gasteiger partial charge in [-0.15, -0.1) is 0 Å². The molecule has 0 unspecified atom stereocenters. The van der Waals surface area contributed by atoms with Crippen LogP contribution in [0.15, 0.2) is 27.4 Å². The summed E-state index contributed by atoms with van der Waals surface area (Å²) in [5.74, 6) is -0.607. The smallest absolute Gasteiger partial charge is 0.419 e. The van der Waals surface area contributed by atoms with Gasteiger partial charge in [0.25, 0.3) is 0 Å². The van der Waals surface area contributed by atoms with Crippen molar-refractivity contribution in [2.45, 2.75) is 24.7 Å². The lowest BCUT2D eigenvalue weighted by atomic mass is 9.64. The summed E-state index contributed by atoms with van der Waals surface area (Å²) >= 11 is 0. The van der Waals surface area contributed by atoms with Gasteiger partial charge in [-0.1, -0.05) is 12.5 Å². The fourth-order valence-corrected chi connectivity index (χ4v) is 2.77. The molecule has 19 heavy (non-hydrogen) atoms. The van der Waals surface area contributed by atoms with Gasteiger partial charge >= 0.3 is 11.7 Å². The molecule has 0 amide bonds. The van der Waals surface area contributed by atoms with Crippen LogP contribution in [-0.4, -0.2) is 17.6 Å². The van der Waals surface area contributed by atoms with Crippen LogP contribution in [0.2, 0.25) is 0 Å². The molecule has 3 rings (SSSR count). The Balaban J connectivity index is 2.15. The molecule has 1 saturated carbocycles. The Kier molecular flexibility index (Phi) is 2.52. The molecule has 0 radical (unpaired) electrons. The molecule has 0 saturated heterocycles. The van der Waals surface area contributed by atoms with E-state index in [1.807, 2.05) is 12.1 Å². The van der Waals surface area contributed by atoms with Crippen LogP contribution in [0.25, 0.3) is 11.1 Å². The predicted octanol–water partition coefficient (Wildman–Crippen LogP) is 1.73. The van der Waals surface area contributed by atoms with E-state index < -0.39 is 11.2 Å². The number of aromatic nitrogens is 1. The first-order valence-corrected chi connectivity index (χ1v) is 6.27. The first kappa shape index (κ1) is 12.0. The number of aryl methyl sites for hydroxylation is 1. The standard InChI is InChI=1S/C14H15NO4/c1-15-10-5-4-9(8-11(10)19-13(15)17)14(6-3-7-14)12(16)18-2/h4-5,8H,3,6-7H2,1-2H3. The van der Waals surface area contributed by atoms with Gasteiger partial charge < -0.3 is 9.15 Å². The van der Waals surface area contributed by atoms with Crippen LogP contribution in [0, 0.1) is 0 Å². The Hall–Kier alpha value is -2.04. The molecular weight excluding hydrogens is 246 g/mol. The number of hydrogen-bond donors (Lipinski definition) is 0. The summed E-state index contributed by atoms with van der Waals surface area (Å²) < 4.78 is 11.5. The van der Waals surface area contributed by atoms with Gasteiger partial charge in [0.05, 0.1) is 18.0 Å². The van der Waals surface area contributed by atoms with E-state index in [4.69, 9.17) is 9.15 Å². The minimum atomic E-state index is -0.558. The van der Waals surface area contributed by atoms with Gasteiger partial charge in [-0.2, -0.15) is 0 Å². The Labute approximate surface area is 109 Å². The van der Waals surface area contributed by atoms with Crippen molar-refractivity contribution in [3.8, 4) is 0 Å². The van der Waals surface area contributed by atoms with Gasteiger partial charge in [0, 0.05) is 7.05 Å². The summed E-state index contributed by atoms with van der Waals surface area (Å²) in [5.41, 5.74) is 1.55. The maximum absolute atomic E-state index is 12.0. The zero-order valence-corrected chi connectivity index (χ0v) is 10.9. The van der Waals surface area contributed by atoms with E-state index in [0.29, 0.717) is 5.58 Å². The number of carbonyl (C=O) groups is 1. The molecule has 5 nitrogen and oxygen atoms in total. The predicted molar refractivity (Wildman–Crippen MR) is 69.0 cm³/mol. The summed E-state index contributed by atoms with van der Waals surface area (Å²) in [6, 6.07) is 5.48. The topological polar surface area (TPSA) is 61.4 Å². The van der Waals surface area contributed by atoms with Crippen LogP contribution >= 0.6 is 0 Å². The fraction of sp³-hybridized carbons (Fsp3) is 0.429. The third kappa shape index (κ3) is 1.54. The molecule has 5 heteroatoms. The molecule has 0 spiro atoms. The summed E-state index contributed by atoms with van der Waals surface area (Å²) in [7, 11) is 3.07. The highest BCUT2D eigenvalue weighted by atomic mass is 16.5. The van der Waals surface area contributed by atoms with Crippen molar-refractivity contribution < 1.29 is 13.9 Å². The average Bonchev–Trinajstić information content (AvgIpc) is 2.63. The second-order valence-electron chi connectivity index (χ2n) is 5.04. The highest BCUT2D eigenvalue weighted by Gasteiger charge is 2.47. The first-order valence-electron chi connectivity index (χ1n) is 6.27. The minimum absolute atomic E-state index is 0.212. The number of ether oxygens (including phenoxy) is 1. The number of hydrogen-bond acceptors (Lipinski definition) is 4. The Bertz CT molecular complexity index is 706. The van der Waals surface area contributed by atoms with Gasteiger partial charge in [0.1, 0.15) is 0 Å². The molecule has 0 N–H and O–H groups in total. The molecule has 1 fully saturated rings. The SMILES string of the molecule is COC(=O)C1(c2ccc3c(c2)oc(=O)n3C)CCC1. The van der Waals surface area contributed by atoms with Crippen LogP contribution in [0.4, 0.5) is 0 Å². The number of oxazole rings is 1. The highest BCUT2D eigenvalue weighted by Crippen LogP contribution is 2.45. The largest absolute Gasteiger partial charge is 0.468 e. The van der Waals surface area contributed by atoms with E-state index in [-0.39, 0.29) is 5.97 Å². The second-order valence-corrected chi connectivity index (χ2v) is 5.04. The lowest BCUT2D eigenvalue weighted by Gasteiger charge is -2.39. The summed E-state index contributed by atoms with van der Waals surface area (Å²) in [5, 5.41) is 0. The molecule has 100 valence electrons. The van der Waals surface area contributed by atoms with Gasteiger partial charge in [0.2, 0.25) is 0 Å². The number of rotatable bonds is 2. The Morgan fingerprint density at radius 3 is 2.74 bits per heavy atom. The highest BCUT2D eigenvalue weighted by molar-refractivity contribution is 5.86. The summed E-state index contributed by atoms with van der Waals surface area (Å²) in [4.78, 5) is 23.5. The molecule has 0 bridgehead atoms. The van der Waals surface area contributed by atoms with Gasteiger partial charge in [-0.05, 0) is 30.5 Å². The molecule has 1 heterocycles. The lowest BCUT2D eigenvalue weighted by molar-refractivity contribution is -0.151. The van der Waals surface area contributed by atoms with Crippen LogP contribution < -0.4 is 5.76 Å². The number of esters is 1. The molecule has 0 aliphatic heterocycles. The number of carbonyl (C=O) groups excluding carboxylic acids is 1. The number of fused-ring (bicyclic) bond motifs is 1. The van der Waals surface area contributed by atoms with Gasteiger partial charge in [-0.25, -0.2) is 4.79 Å². The summed E-state index contributed by atoms with van der Waals surface area (Å²) in [6.07, 6.45) is 2.57. The van der Waals surface area contributed by atoms with Crippen LogP contribution in [0.1, 0.15) is 24.8 Å². The minimum Gasteiger partial charge on any atom is -0.468 e. The van der Waals surface area contributed by atoms with E-state index in [2.05, 4.69) is 0 Å². The normalized spacial score (nSPS) is 17.2. The molecular formula is C14H15NO4. The van der Waals surface area contributed by atoms with Crippen molar-refractivity contribution >= 4 is 17.1 Å². The molecule has 1 aliphatic rings. The third-order valence-electron chi connectivity index (χ3n) is 4.13. The van der Waals surface area contributed by atoms with Crippen LogP contribution in [0.3, 0.4) is 0 Å². The van der Waals surface area contributed by atoms with Crippen molar-refractivity contribution in [3.05, 3.63) is 34.3 Å². The van der Waals surface area contributed by atoms with Gasteiger partial charge in [0.15, 0.2) is 5.58 Å². The molecule has 0 atom stereocenters. The maximum Gasteiger partial charge on any atom is 0.419 e. The van der Waals surface area contributed by atoms with Crippen molar-refractivity contribution in [1.29, 1.82) is 0 Å². The molecule has 1 aliphatic carbocycles. The van der Waals surface area contributed by atoms with E-state index in [9.17, 15) is 9.59 Å². The van der Waals surface area contributed by atoms with Crippen molar-refractivity contribution in [1.82, 2.24) is 4.57 Å². The lowest BCUT2D eigenvalue weighted by Crippen LogP contribution is -2.43. The monoisotopic (exact) mass is 261 g/mol. The number of nitrogens with zero attached hydrogens (tertiary/aromatic N) is 1. The molecule has 1 aromatic heterocycles. The van der Waals surface area contributed by atoms with E-state index in [0.717, 1.165) is 30.3 Å². The number of methoxy groups -OCH3 is 1.